The topological polar surface area (TPSA) is 63.1 Å². The summed E-state index contributed by atoms with van der Waals surface area (Å²) < 4.78 is 15.2. The summed E-state index contributed by atoms with van der Waals surface area (Å²) in [7, 11) is 1.77. The van der Waals surface area contributed by atoms with Crippen molar-refractivity contribution < 1.29 is 9.18 Å². The largest absolute Gasteiger partial charge is 0.335 e. The fourth-order valence-corrected chi connectivity index (χ4v) is 3.75. The number of likely N-dealkylation sites (N-methyl/N-ethyl adjacent to an activating group) is 1. The van der Waals surface area contributed by atoms with Crippen molar-refractivity contribution in [2.75, 3.05) is 20.1 Å². The number of benzene rings is 1. The van der Waals surface area contributed by atoms with Crippen LogP contribution in [0, 0.1) is 5.82 Å². The summed E-state index contributed by atoms with van der Waals surface area (Å²) in [6.45, 7) is 1.67. The average molecular weight is 371 g/mol. The molecule has 0 radical (unpaired) electrons. The monoisotopic (exact) mass is 371 g/mol. The summed E-state index contributed by atoms with van der Waals surface area (Å²) in [5.74, 6) is 0.0581. The van der Waals surface area contributed by atoms with Crippen LogP contribution in [0.3, 0.4) is 0 Å². The van der Waals surface area contributed by atoms with Gasteiger partial charge in [-0.1, -0.05) is 12.1 Å². The molecule has 0 spiro atoms. The van der Waals surface area contributed by atoms with E-state index in [4.69, 9.17) is 0 Å². The quantitative estimate of drug-likeness (QED) is 0.766. The van der Waals surface area contributed by atoms with E-state index in [9.17, 15) is 9.18 Å². The highest BCUT2D eigenvalue weighted by molar-refractivity contribution is 7.13. The molecule has 0 bridgehead atoms. The normalized spacial score (nSPS) is 16.8. The summed E-state index contributed by atoms with van der Waals surface area (Å²) >= 11 is 1.50. The third-order valence-electron chi connectivity index (χ3n) is 4.50. The van der Waals surface area contributed by atoms with Crippen molar-refractivity contribution in [2.45, 2.75) is 12.5 Å². The van der Waals surface area contributed by atoms with Crippen molar-refractivity contribution in [1.29, 1.82) is 0 Å². The Morgan fingerprint density at radius 1 is 1.38 bits per heavy atom. The fraction of sp³-hybridized carbons (Fsp3) is 0.278. The van der Waals surface area contributed by atoms with Gasteiger partial charge in [0.25, 0.3) is 5.91 Å². The molecule has 3 heterocycles. The SMILES string of the molecule is CN(C(=O)c1nc(-c2cccs2)n(-c2cccc(F)c2)n1)C1CCNC1. The minimum absolute atomic E-state index is 0.118. The Morgan fingerprint density at radius 2 is 2.27 bits per heavy atom. The van der Waals surface area contributed by atoms with Gasteiger partial charge in [0.15, 0.2) is 5.82 Å². The zero-order valence-corrected chi connectivity index (χ0v) is 15.0. The first-order valence-electron chi connectivity index (χ1n) is 8.38. The van der Waals surface area contributed by atoms with E-state index < -0.39 is 0 Å². The second-order valence-corrected chi connectivity index (χ2v) is 7.14. The maximum atomic E-state index is 13.7. The van der Waals surface area contributed by atoms with Gasteiger partial charge in [-0.3, -0.25) is 4.79 Å². The van der Waals surface area contributed by atoms with E-state index in [1.54, 1.807) is 24.1 Å². The molecule has 1 amide bonds. The molecule has 0 aliphatic carbocycles. The van der Waals surface area contributed by atoms with Crippen LogP contribution in [0.5, 0.6) is 0 Å². The first-order valence-corrected chi connectivity index (χ1v) is 9.26. The standard InChI is InChI=1S/C18H18FN5OS/c1-23(14-7-8-20-11-14)18(25)16-21-17(15-6-3-9-26-15)24(22-16)13-5-2-4-12(19)10-13/h2-6,9-10,14,20H,7-8,11H2,1H3. The van der Waals surface area contributed by atoms with Crippen LogP contribution < -0.4 is 5.32 Å². The smallest absolute Gasteiger partial charge is 0.293 e. The lowest BCUT2D eigenvalue weighted by molar-refractivity contribution is 0.0731. The van der Waals surface area contributed by atoms with Gasteiger partial charge in [0, 0.05) is 19.6 Å². The fourth-order valence-electron chi connectivity index (χ4n) is 3.05. The van der Waals surface area contributed by atoms with Crippen molar-refractivity contribution in [2.24, 2.45) is 0 Å². The van der Waals surface area contributed by atoms with Crippen LogP contribution in [0.2, 0.25) is 0 Å². The second-order valence-electron chi connectivity index (χ2n) is 6.19. The van der Waals surface area contributed by atoms with Crippen molar-refractivity contribution in [1.82, 2.24) is 25.0 Å². The molecule has 1 fully saturated rings. The molecule has 1 atom stereocenters. The Morgan fingerprint density at radius 3 is 2.96 bits per heavy atom. The molecule has 1 aliphatic rings. The third kappa shape index (κ3) is 3.13. The second kappa shape index (κ2) is 6.97. The molecular weight excluding hydrogens is 353 g/mol. The molecule has 1 saturated heterocycles. The van der Waals surface area contributed by atoms with Crippen LogP contribution in [-0.2, 0) is 0 Å². The van der Waals surface area contributed by atoms with Crippen molar-refractivity contribution in [3.8, 4) is 16.4 Å². The summed E-state index contributed by atoms with van der Waals surface area (Å²) in [6.07, 6.45) is 0.907. The highest BCUT2D eigenvalue weighted by atomic mass is 32.1. The van der Waals surface area contributed by atoms with E-state index in [0.717, 1.165) is 24.4 Å². The van der Waals surface area contributed by atoms with Gasteiger partial charge in [-0.2, -0.15) is 0 Å². The lowest BCUT2D eigenvalue weighted by atomic mass is 10.2. The zero-order chi connectivity index (χ0) is 18.1. The minimum atomic E-state index is -0.364. The van der Waals surface area contributed by atoms with Crippen LogP contribution in [0.4, 0.5) is 4.39 Å². The maximum Gasteiger partial charge on any atom is 0.293 e. The van der Waals surface area contributed by atoms with E-state index in [2.05, 4.69) is 15.4 Å². The van der Waals surface area contributed by atoms with E-state index in [1.165, 1.54) is 28.2 Å². The van der Waals surface area contributed by atoms with Gasteiger partial charge in [0.1, 0.15) is 5.82 Å². The Hall–Kier alpha value is -2.58. The molecule has 134 valence electrons. The van der Waals surface area contributed by atoms with Crippen molar-refractivity contribution >= 4 is 17.2 Å². The van der Waals surface area contributed by atoms with Gasteiger partial charge in [0.05, 0.1) is 10.6 Å². The van der Waals surface area contributed by atoms with Crippen LogP contribution >= 0.6 is 11.3 Å². The number of thiophene rings is 1. The van der Waals surface area contributed by atoms with Gasteiger partial charge < -0.3 is 10.2 Å². The molecule has 3 aromatic rings. The predicted octanol–water partition coefficient (Wildman–Crippen LogP) is 2.57. The molecule has 1 aromatic carbocycles. The first kappa shape index (κ1) is 16.9. The van der Waals surface area contributed by atoms with Crippen LogP contribution in [0.25, 0.3) is 16.4 Å². The number of aromatic nitrogens is 3. The predicted molar refractivity (Wildman–Crippen MR) is 98.0 cm³/mol. The van der Waals surface area contributed by atoms with Gasteiger partial charge in [-0.15, -0.1) is 16.4 Å². The number of carbonyl (C=O) groups excluding carboxylic acids is 1. The van der Waals surface area contributed by atoms with E-state index in [1.807, 2.05) is 17.5 Å². The Labute approximate surface area is 154 Å². The third-order valence-corrected chi connectivity index (χ3v) is 5.36. The van der Waals surface area contributed by atoms with E-state index >= 15 is 0 Å². The molecule has 1 unspecified atom stereocenters. The molecule has 2 aromatic heterocycles. The maximum absolute atomic E-state index is 13.7. The van der Waals surface area contributed by atoms with Gasteiger partial charge in [-0.05, 0) is 42.6 Å². The lowest BCUT2D eigenvalue weighted by Gasteiger charge is -2.22. The zero-order valence-electron chi connectivity index (χ0n) is 14.2. The number of hydrogen-bond donors (Lipinski definition) is 1. The summed E-state index contributed by atoms with van der Waals surface area (Å²) in [4.78, 5) is 19.9. The highest BCUT2D eigenvalue weighted by Crippen LogP contribution is 2.26. The van der Waals surface area contributed by atoms with Gasteiger partial charge in [-0.25, -0.2) is 14.1 Å². The molecule has 0 saturated carbocycles. The molecule has 1 N–H and O–H groups in total. The number of carbonyl (C=O) groups is 1. The Bertz CT molecular complexity index is 918. The summed E-state index contributed by atoms with van der Waals surface area (Å²) in [5, 5.41) is 9.58. The van der Waals surface area contributed by atoms with Gasteiger partial charge in [0.2, 0.25) is 5.82 Å². The van der Waals surface area contributed by atoms with Crippen molar-refractivity contribution in [3.05, 3.63) is 53.4 Å². The number of halogens is 1. The highest BCUT2D eigenvalue weighted by Gasteiger charge is 2.28. The number of nitrogens with one attached hydrogen (secondary N) is 1. The molecule has 6 nitrogen and oxygen atoms in total. The molecule has 4 rings (SSSR count). The summed E-state index contributed by atoms with van der Waals surface area (Å²) in [5.41, 5.74) is 0.533. The van der Waals surface area contributed by atoms with Crippen LogP contribution in [-0.4, -0.2) is 51.8 Å². The molecule has 1 aliphatic heterocycles. The van der Waals surface area contributed by atoms with E-state index in [-0.39, 0.29) is 23.6 Å². The molecule has 8 heteroatoms. The van der Waals surface area contributed by atoms with Crippen LogP contribution in [0.15, 0.2) is 41.8 Å². The Balaban J connectivity index is 1.75. The van der Waals surface area contributed by atoms with E-state index in [0.29, 0.717) is 11.5 Å². The number of hydrogen-bond acceptors (Lipinski definition) is 5. The average Bonchev–Trinajstić information content (AvgIpc) is 3.41. The first-order chi connectivity index (χ1) is 12.6. The minimum Gasteiger partial charge on any atom is -0.335 e. The summed E-state index contributed by atoms with van der Waals surface area (Å²) in [6, 6.07) is 10.1. The van der Waals surface area contributed by atoms with Crippen molar-refractivity contribution in [3.63, 3.8) is 0 Å². The van der Waals surface area contributed by atoms with Crippen LogP contribution in [0.1, 0.15) is 17.0 Å². The lowest BCUT2D eigenvalue weighted by Crippen LogP contribution is -2.38. The molecule has 26 heavy (non-hydrogen) atoms. The number of nitrogens with zero attached hydrogens (tertiary/aromatic N) is 4. The molecular formula is C18H18FN5OS. The van der Waals surface area contributed by atoms with Gasteiger partial charge >= 0.3 is 0 Å². The Kier molecular flexibility index (Phi) is 4.52. The number of rotatable bonds is 4. The number of amides is 1.